The van der Waals surface area contributed by atoms with Crippen LogP contribution >= 0.6 is 0 Å². The standard InChI is InChI=1S/C21H23N3/c1-2-6-17(7-3-1)10-11-18-12-14-24(15-13-18)16-21-22-19-8-4-5-9-20(19)23-21/h1-9,12H,10-11,13-16H2,(H,22,23). The first-order valence-electron chi connectivity index (χ1n) is 8.75. The summed E-state index contributed by atoms with van der Waals surface area (Å²) in [6.07, 6.45) is 5.92. The number of para-hydroxylation sites is 2. The van der Waals surface area contributed by atoms with Crippen LogP contribution in [0.5, 0.6) is 0 Å². The molecule has 0 atom stereocenters. The largest absolute Gasteiger partial charge is 0.341 e. The van der Waals surface area contributed by atoms with Gasteiger partial charge in [-0.15, -0.1) is 0 Å². The first-order chi connectivity index (χ1) is 11.9. The molecule has 3 aromatic rings. The molecule has 0 spiro atoms. The van der Waals surface area contributed by atoms with Crippen LogP contribution in [0.25, 0.3) is 11.0 Å². The van der Waals surface area contributed by atoms with Gasteiger partial charge in [0, 0.05) is 13.1 Å². The van der Waals surface area contributed by atoms with Crippen molar-refractivity contribution in [2.75, 3.05) is 13.1 Å². The van der Waals surface area contributed by atoms with Crippen molar-refractivity contribution in [3.8, 4) is 0 Å². The minimum absolute atomic E-state index is 0.900. The second-order valence-corrected chi connectivity index (χ2v) is 6.53. The molecular formula is C21H23N3. The predicted molar refractivity (Wildman–Crippen MR) is 98.8 cm³/mol. The Morgan fingerprint density at radius 3 is 2.58 bits per heavy atom. The Morgan fingerprint density at radius 1 is 0.958 bits per heavy atom. The maximum atomic E-state index is 4.68. The summed E-state index contributed by atoms with van der Waals surface area (Å²) in [5.41, 5.74) is 5.22. The highest BCUT2D eigenvalue weighted by Crippen LogP contribution is 2.19. The molecule has 2 aromatic carbocycles. The Morgan fingerprint density at radius 2 is 1.79 bits per heavy atom. The molecule has 4 rings (SSSR count). The molecule has 1 N–H and O–H groups in total. The fourth-order valence-electron chi connectivity index (χ4n) is 3.37. The van der Waals surface area contributed by atoms with E-state index in [0.29, 0.717) is 0 Å². The molecule has 0 amide bonds. The number of hydrogen-bond donors (Lipinski definition) is 1. The summed E-state index contributed by atoms with van der Waals surface area (Å²) in [7, 11) is 0. The normalized spacial score (nSPS) is 15.6. The number of aryl methyl sites for hydroxylation is 1. The first-order valence-corrected chi connectivity index (χ1v) is 8.75. The number of imidazole rings is 1. The number of aromatic amines is 1. The number of fused-ring (bicyclic) bond motifs is 1. The Balaban J connectivity index is 1.32. The molecule has 0 saturated carbocycles. The van der Waals surface area contributed by atoms with Gasteiger partial charge < -0.3 is 4.98 Å². The Labute approximate surface area is 143 Å². The summed E-state index contributed by atoms with van der Waals surface area (Å²) < 4.78 is 0. The van der Waals surface area contributed by atoms with Crippen molar-refractivity contribution in [2.24, 2.45) is 0 Å². The molecule has 0 aliphatic carbocycles. The van der Waals surface area contributed by atoms with Crippen molar-refractivity contribution in [1.82, 2.24) is 14.9 Å². The SMILES string of the molecule is C1=C(CCc2ccccc2)CCN(Cc2nc3ccccc3[nH]2)C1. The van der Waals surface area contributed by atoms with Crippen molar-refractivity contribution < 1.29 is 0 Å². The van der Waals surface area contributed by atoms with Crippen LogP contribution in [0.2, 0.25) is 0 Å². The molecule has 3 heteroatoms. The van der Waals surface area contributed by atoms with Gasteiger partial charge in [-0.2, -0.15) is 0 Å². The zero-order chi connectivity index (χ0) is 16.2. The third-order valence-electron chi connectivity index (χ3n) is 4.78. The fourth-order valence-corrected chi connectivity index (χ4v) is 3.37. The average Bonchev–Trinajstić information content (AvgIpc) is 3.04. The maximum Gasteiger partial charge on any atom is 0.121 e. The predicted octanol–water partition coefficient (Wildman–Crippen LogP) is 4.33. The van der Waals surface area contributed by atoms with Gasteiger partial charge in [-0.05, 0) is 37.0 Å². The van der Waals surface area contributed by atoms with Gasteiger partial charge in [0.15, 0.2) is 0 Å². The van der Waals surface area contributed by atoms with Crippen LogP contribution in [-0.4, -0.2) is 28.0 Å². The fraction of sp³-hybridized carbons (Fsp3) is 0.286. The van der Waals surface area contributed by atoms with Crippen LogP contribution in [0.4, 0.5) is 0 Å². The smallest absolute Gasteiger partial charge is 0.121 e. The minimum Gasteiger partial charge on any atom is -0.341 e. The van der Waals surface area contributed by atoms with E-state index in [1.807, 2.05) is 12.1 Å². The second-order valence-electron chi connectivity index (χ2n) is 6.53. The molecule has 1 aliphatic heterocycles. The van der Waals surface area contributed by atoms with Gasteiger partial charge in [0.2, 0.25) is 0 Å². The van der Waals surface area contributed by atoms with Crippen LogP contribution in [0, 0.1) is 0 Å². The molecule has 1 aromatic heterocycles. The van der Waals surface area contributed by atoms with E-state index >= 15 is 0 Å². The van der Waals surface area contributed by atoms with Crippen LogP contribution in [0.1, 0.15) is 24.2 Å². The zero-order valence-electron chi connectivity index (χ0n) is 13.9. The number of rotatable bonds is 5. The molecule has 2 heterocycles. The topological polar surface area (TPSA) is 31.9 Å². The maximum absolute atomic E-state index is 4.68. The molecule has 0 saturated heterocycles. The van der Waals surface area contributed by atoms with E-state index in [-0.39, 0.29) is 0 Å². The zero-order valence-corrected chi connectivity index (χ0v) is 13.9. The van der Waals surface area contributed by atoms with E-state index < -0.39 is 0 Å². The van der Waals surface area contributed by atoms with E-state index in [1.165, 1.54) is 18.4 Å². The van der Waals surface area contributed by atoms with Crippen molar-refractivity contribution in [1.29, 1.82) is 0 Å². The Bertz CT molecular complexity index is 799. The van der Waals surface area contributed by atoms with Gasteiger partial charge in [-0.1, -0.05) is 54.1 Å². The van der Waals surface area contributed by atoms with Gasteiger partial charge in [-0.3, -0.25) is 4.90 Å². The molecular weight excluding hydrogens is 294 g/mol. The van der Waals surface area contributed by atoms with E-state index in [2.05, 4.69) is 63.4 Å². The van der Waals surface area contributed by atoms with Crippen molar-refractivity contribution >= 4 is 11.0 Å². The lowest BCUT2D eigenvalue weighted by molar-refractivity contribution is 0.278. The number of nitrogens with one attached hydrogen (secondary N) is 1. The highest BCUT2D eigenvalue weighted by atomic mass is 15.1. The number of benzene rings is 2. The molecule has 0 radical (unpaired) electrons. The van der Waals surface area contributed by atoms with E-state index in [9.17, 15) is 0 Å². The summed E-state index contributed by atoms with van der Waals surface area (Å²) in [5.74, 6) is 1.07. The van der Waals surface area contributed by atoms with Gasteiger partial charge in [-0.25, -0.2) is 4.98 Å². The van der Waals surface area contributed by atoms with E-state index in [4.69, 9.17) is 0 Å². The lowest BCUT2D eigenvalue weighted by Gasteiger charge is -2.25. The summed E-state index contributed by atoms with van der Waals surface area (Å²) in [6.45, 7) is 3.05. The molecule has 0 bridgehead atoms. The lowest BCUT2D eigenvalue weighted by Crippen LogP contribution is -2.28. The molecule has 3 nitrogen and oxygen atoms in total. The number of H-pyrrole nitrogens is 1. The number of hydrogen-bond acceptors (Lipinski definition) is 2. The molecule has 24 heavy (non-hydrogen) atoms. The molecule has 0 unspecified atom stereocenters. The highest BCUT2D eigenvalue weighted by Gasteiger charge is 2.13. The Kier molecular flexibility index (Phi) is 4.43. The van der Waals surface area contributed by atoms with Crippen LogP contribution in [0.3, 0.4) is 0 Å². The highest BCUT2D eigenvalue weighted by molar-refractivity contribution is 5.74. The average molecular weight is 317 g/mol. The lowest BCUT2D eigenvalue weighted by atomic mass is 10.00. The van der Waals surface area contributed by atoms with Crippen molar-refractivity contribution in [3.05, 3.63) is 77.6 Å². The number of nitrogens with zero attached hydrogens (tertiary/aromatic N) is 2. The summed E-state index contributed by atoms with van der Waals surface area (Å²) in [6, 6.07) is 19.0. The van der Waals surface area contributed by atoms with Gasteiger partial charge >= 0.3 is 0 Å². The van der Waals surface area contributed by atoms with Gasteiger partial charge in [0.1, 0.15) is 5.82 Å². The number of aromatic nitrogens is 2. The van der Waals surface area contributed by atoms with Crippen LogP contribution in [0.15, 0.2) is 66.2 Å². The van der Waals surface area contributed by atoms with E-state index in [0.717, 1.165) is 42.9 Å². The summed E-state index contributed by atoms with van der Waals surface area (Å²) in [5, 5.41) is 0. The second kappa shape index (κ2) is 7.02. The van der Waals surface area contributed by atoms with Gasteiger partial charge in [0.25, 0.3) is 0 Å². The van der Waals surface area contributed by atoms with Crippen LogP contribution < -0.4 is 0 Å². The third-order valence-corrected chi connectivity index (χ3v) is 4.78. The quantitative estimate of drug-likeness (QED) is 0.710. The van der Waals surface area contributed by atoms with Crippen LogP contribution in [-0.2, 0) is 13.0 Å². The minimum atomic E-state index is 0.900. The molecule has 1 aliphatic rings. The molecule has 0 fully saturated rings. The summed E-state index contributed by atoms with van der Waals surface area (Å²) in [4.78, 5) is 10.6. The first kappa shape index (κ1) is 15.2. The van der Waals surface area contributed by atoms with Crippen molar-refractivity contribution in [3.63, 3.8) is 0 Å². The monoisotopic (exact) mass is 317 g/mol. The van der Waals surface area contributed by atoms with Crippen molar-refractivity contribution in [2.45, 2.75) is 25.8 Å². The Hall–Kier alpha value is -2.39. The van der Waals surface area contributed by atoms with Gasteiger partial charge in [0.05, 0.1) is 17.6 Å². The molecule has 122 valence electrons. The summed E-state index contributed by atoms with van der Waals surface area (Å²) >= 11 is 0. The third kappa shape index (κ3) is 3.57. The van der Waals surface area contributed by atoms with E-state index in [1.54, 1.807) is 5.57 Å².